The summed E-state index contributed by atoms with van der Waals surface area (Å²) < 4.78 is 0. The molecule has 0 radical (unpaired) electrons. The minimum atomic E-state index is -0.124. The lowest BCUT2D eigenvalue weighted by Gasteiger charge is -2.32. The van der Waals surface area contributed by atoms with Crippen molar-refractivity contribution in [1.29, 1.82) is 0 Å². The lowest BCUT2D eigenvalue weighted by atomic mass is 9.98. The molecule has 0 unspecified atom stereocenters. The molecule has 3 heterocycles. The molecule has 138 valence electrons. The van der Waals surface area contributed by atoms with Gasteiger partial charge in [0.15, 0.2) is 0 Å². The van der Waals surface area contributed by atoms with Crippen LogP contribution in [0.5, 0.6) is 0 Å². The van der Waals surface area contributed by atoms with Gasteiger partial charge in [0.05, 0.1) is 11.3 Å². The predicted octanol–water partition coefficient (Wildman–Crippen LogP) is 1.29. The van der Waals surface area contributed by atoms with E-state index in [1.165, 1.54) is 0 Å². The topological polar surface area (TPSA) is 87.1 Å². The Labute approximate surface area is 153 Å². The normalized spacial score (nSPS) is 17.0. The summed E-state index contributed by atoms with van der Waals surface area (Å²) in [5.74, 6) is 1.61. The van der Waals surface area contributed by atoms with E-state index < -0.39 is 0 Å². The molecule has 0 saturated carbocycles. The Morgan fingerprint density at radius 1 is 1.31 bits per heavy atom. The van der Waals surface area contributed by atoms with Crippen molar-refractivity contribution in [2.75, 3.05) is 43.5 Å². The van der Waals surface area contributed by atoms with Gasteiger partial charge in [-0.1, -0.05) is 0 Å². The quantitative estimate of drug-likeness (QED) is 0.864. The zero-order valence-electron chi connectivity index (χ0n) is 15.5. The van der Waals surface area contributed by atoms with Crippen molar-refractivity contribution in [3.8, 4) is 0 Å². The van der Waals surface area contributed by atoms with E-state index in [1.54, 1.807) is 18.6 Å². The van der Waals surface area contributed by atoms with Crippen LogP contribution in [0.4, 0.5) is 11.9 Å². The van der Waals surface area contributed by atoms with Crippen LogP contribution in [0.25, 0.3) is 0 Å². The molecule has 0 aromatic carbocycles. The number of piperidine rings is 1. The fraction of sp³-hybridized carbons (Fsp3) is 0.500. The molecule has 0 spiro atoms. The molecular weight excluding hydrogens is 330 g/mol. The molecule has 8 heteroatoms. The maximum absolute atomic E-state index is 12.5. The number of anilines is 2. The minimum Gasteiger partial charge on any atom is -0.352 e. The molecule has 3 rings (SSSR count). The van der Waals surface area contributed by atoms with E-state index in [4.69, 9.17) is 0 Å². The van der Waals surface area contributed by atoms with Crippen molar-refractivity contribution in [2.45, 2.75) is 19.8 Å². The SMILES string of the molecule is Cc1nc(N(C)C)ncc1C(=O)NC[C@H]1CCCN(c2ncccn2)C1. The zero-order valence-corrected chi connectivity index (χ0v) is 15.5. The zero-order chi connectivity index (χ0) is 18.5. The third-order valence-corrected chi connectivity index (χ3v) is 4.52. The first kappa shape index (κ1) is 18.0. The Kier molecular flexibility index (Phi) is 5.60. The van der Waals surface area contributed by atoms with Crippen LogP contribution in [-0.4, -0.2) is 59.6 Å². The molecule has 2 aromatic heterocycles. The maximum Gasteiger partial charge on any atom is 0.254 e. The fourth-order valence-electron chi connectivity index (χ4n) is 3.09. The van der Waals surface area contributed by atoms with Crippen LogP contribution in [0.3, 0.4) is 0 Å². The van der Waals surface area contributed by atoms with Gasteiger partial charge >= 0.3 is 0 Å². The maximum atomic E-state index is 12.5. The highest BCUT2D eigenvalue weighted by atomic mass is 16.1. The van der Waals surface area contributed by atoms with Crippen molar-refractivity contribution >= 4 is 17.8 Å². The molecule has 0 bridgehead atoms. The highest BCUT2D eigenvalue weighted by Crippen LogP contribution is 2.19. The highest BCUT2D eigenvalue weighted by Gasteiger charge is 2.22. The molecule has 26 heavy (non-hydrogen) atoms. The van der Waals surface area contributed by atoms with Gasteiger partial charge in [0.1, 0.15) is 0 Å². The van der Waals surface area contributed by atoms with Crippen LogP contribution in [0, 0.1) is 12.8 Å². The molecule has 1 atom stereocenters. The number of carbonyl (C=O) groups is 1. The number of nitrogens with zero attached hydrogens (tertiary/aromatic N) is 6. The van der Waals surface area contributed by atoms with E-state index >= 15 is 0 Å². The van der Waals surface area contributed by atoms with Gasteiger partial charge in [-0.05, 0) is 31.7 Å². The van der Waals surface area contributed by atoms with Gasteiger partial charge in [0, 0.05) is 52.3 Å². The third-order valence-electron chi connectivity index (χ3n) is 4.52. The van der Waals surface area contributed by atoms with E-state index in [1.807, 2.05) is 32.0 Å². The molecule has 1 amide bonds. The van der Waals surface area contributed by atoms with Crippen LogP contribution in [0.1, 0.15) is 28.9 Å². The second kappa shape index (κ2) is 8.07. The number of aromatic nitrogens is 4. The van der Waals surface area contributed by atoms with E-state index in [9.17, 15) is 4.79 Å². The average Bonchev–Trinajstić information content (AvgIpc) is 2.67. The lowest BCUT2D eigenvalue weighted by molar-refractivity contribution is 0.0944. The Balaban J connectivity index is 1.57. The van der Waals surface area contributed by atoms with E-state index in [0.29, 0.717) is 29.7 Å². The molecule has 2 aromatic rings. The summed E-state index contributed by atoms with van der Waals surface area (Å²) in [4.78, 5) is 33.7. The highest BCUT2D eigenvalue weighted by molar-refractivity contribution is 5.95. The van der Waals surface area contributed by atoms with Crippen molar-refractivity contribution < 1.29 is 4.79 Å². The number of rotatable bonds is 5. The van der Waals surface area contributed by atoms with Crippen LogP contribution < -0.4 is 15.1 Å². The number of amides is 1. The minimum absolute atomic E-state index is 0.124. The summed E-state index contributed by atoms with van der Waals surface area (Å²) in [7, 11) is 3.75. The van der Waals surface area contributed by atoms with Crippen LogP contribution in [-0.2, 0) is 0 Å². The predicted molar refractivity (Wildman–Crippen MR) is 100 cm³/mol. The summed E-state index contributed by atoms with van der Waals surface area (Å²) in [6.07, 6.45) is 7.26. The van der Waals surface area contributed by atoms with Crippen molar-refractivity contribution in [3.63, 3.8) is 0 Å². The Hall–Kier alpha value is -2.77. The van der Waals surface area contributed by atoms with Gasteiger partial charge in [-0.25, -0.2) is 19.9 Å². The Bertz CT molecular complexity index is 750. The van der Waals surface area contributed by atoms with Crippen LogP contribution in [0.15, 0.2) is 24.7 Å². The Morgan fingerprint density at radius 2 is 2.08 bits per heavy atom. The fourth-order valence-corrected chi connectivity index (χ4v) is 3.09. The molecule has 1 N–H and O–H groups in total. The number of nitrogens with one attached hydrogen (secondary N) is 1. The Morgan fingerprint density at radius 3 is 2.77 bits per heavy atom. The molecule has 1 aliphatic heterocycles. The number of hydrogen-bond donors (Lipinski definition) is 1. The van der Waals surface area contributed by atoms with Gasteiger partial charge in [0.2, 0.25) is 11.9 Å². The van der Waals surface area contributed by atoms with Crippen molar-refractivity contribution in [1.82, 2.24) is 25.3 Å². The molecule has 8 nitrogen and oxygen atoms in total. The standard InChI is InChI=1S/C18H25N7O/c1-13-15(11-22-18(23-13)24(2)3)16(26)21-10-14-6-4-9-25(12-14)17-19-7-5-8-20-17/h5,7-8,11,14H,4,6,9-10,12H2,1-3H3,(H,21,26)/t14-/m1/s1. The van der Waals surface area contributed by atoms with Crippen LogP contribution in [0.2, 0.25) is 0 Å². The first-order chi connectivity index (χ1) is 12.5. The van der Waals surface area contributed by atoms with Crippen LogP contribution >= 0.6 is 0 Å². The summed E-state index contributed by atoms with van der Waals surface area (Å²) in [6.45, 7) is 4.25. The monoisotopic (exact) mass is 355 g/mol. The molecule has 1 fully saturated rings. The second-order valence-corrected chi connectivity index (χ2v) is 6.78. The first-order valence-corrected chi connectivity index (χ1v) is 8.85. The number of carbonyl (C=O) groups excluding carboxylic acids is 1. The summed E-state index contributed by atoms with van der Waals surface area (Å²) in [5.41, 5.74) is 1.21. The lowest BCUT2D eigenvalue weighted by Crippen LogP contribution is -2.41. The van der Waals surface area contributed by atoms with Crippen molar-refractivity contribution in [3.05, 3.63) is 35.9 Å². The van der Waals surface area contributed by atoms with Gasteiger partial charge in [-0.3, -0.25) is 4.79 Å². The van der Waals surface area contributed by atoms with E-state index in [-0.39, 0.29) is 5.91 Å². The van der Waals surface area contributed by atoms with E-state index in [0.717, 1.165) is 31.9 Å². The van der Waals surface area contributed by atoms with Gasteiger partial charge in [-0.2, -0.15) is 0 Å². The summed E-state index contributed by atoms with van der Waals surface area (Å²) >= 11 is 0. The summed E-state index contributed by atoms with van der Waals surface area (Å²) in [6, 6.07) is 1.82. The number of aryl methyl sites for hydroxylation is 1. The largest absolute Gasteiger partial charge is 0.352 e. The van der Waals surface area contributed by atoms with Gasteiger partial charge < -0.3 is 15.1 Å². The average molecular weight is 355 g/mol. The summed E-state index contributed by atoms with van der Waals surface area (Å²) in [5, 5.41) is 3.03. The number of hydrogen-bond acceptors (Lipinski definition) is 7. The van der Waals surface area contributed by atoms with Gasteiger partial charge in [-0.15, -0.1) is 0 Å². The molecule has 1 aliphatic rings. The first-order valence-electron chi connectivity index (χ1n) is 8.85. The smallest absolute Gasteiger partial charge is 0.254 e. The van der Waals surface area contributed by atoms with Crippen molar-refractivity contribution in [2.24, 2.45) is 5.92 Å². The van der Waals surface area contributed by atoms with Gasteiger partial charge in [0.25, 0.3) is 5.91 Å². The molecule has 1 saturated heterocycles. The molecule has 0 aliphatic carbocycles. The second-order valence-electron chi connectivity index (χ2n) is 6.78. The third kappa shape index (κ3) is 4.25. The van der Waals surface area contributed by atoms with E-state index in [2.05, 4.69) is 30.2 Å². The molecular formula is C18H25N7O.